The van der Waals surface area contributed by atoms with Crippen LogP contribution in [0.3, 0.4) is 0 Å². The van der Waals surface area contributed by atoms with Crippen LogP contribution < -0.4 is 10.1 Å². The van der Waals surface area contributed by atoms with Crippen molar-refractivity contribution in [1.82, 2.24) is 5.32 Å². The smallest absolute Gasteiger partial charge is 0.217 e. The van der Waals surface area contributed by atoms with Crippen molar-refractivity contribution in [3.05, 3.63) is 29.8 Å². The van der Waals surface area contributed by atoms with Crippen LogP contribution >= 0.6 is 0 Å². The lowest BCUT2D eigenvalue weighted by molar-refractivity contribution is -0.136. The Bertz CT molecular complexity index is 701. The molecule has 3 fully saturated rings. The molecule has 4 rings (SSSR count). The molecule has 5 heteroatoms. The van der Waals surface area contributed by atoms with E-state index in [9.17, 15) is 4.79 Å². The van der Waals surface area contributed by atoms with Gasteiger partial charge in [-0.2, -0.15) is 0 Å². The van der Waals surface area contributed by atoms with Gasteiger partial charge in [0, 0.05) is 19.6 Å². The third kappa shape index (κ3) is 2.95. The minimum Gasteiger partial charge on any atom is -0.491 e. The Balaban J connectivity index is 1.60. The maximum Gasteiger partial charge on any atom is 0.217 e. The number of carbonyl (C=O) groups excluding carboxylic acids is 1. The first kappa shape index (κ1) is 18.8. The normalized spacial score (nSPS) is 36.3. The van der Waals surface area contributed by atoms with Crippen LogP contribution in [0, 0.1) is 22.7 Å². The fourth-order valence-corrected chi connectivity index (χ4v) is 6.24. The highest BCUT2D eigenvalue weighted by Gasteiger charge is 2.68. The summed E-state index contributed by atoms with van der Waals surface area (Å²) in [6.45, 7) is 7.33. The van der Waals surface area contributed by atoms with Crippen LogP contribution in [-0.2, 0) is 9.53 Å². The highest BCUT2D eigenvalue weighted by atomic mass is 16.5. The molecule has 1 aromatic rings. The van der Waals surface area contributed by atoms with Gasteiger partial charge in [0.15, 0.2) is 0 Å². The van der Waals surface area contributed by atoms with Crippen molar-refractivity contribution in [3.63, 3.8) is 0 Å². The van der Waals surface area contributed by atoms with Crippen LogP contribution in [0.5, 0.6) is 5.75 Å². The maximum atomic E-state index is 11.9. The van der Waals surface area contributed by atoms with Crippen LogP contribution in [-0.4, -0.2) is 36.9 Å². The first-order chi connectivity index (χ1) is 12.9. The van der Waals surface area contributed by atoms with Gasteiger partial charge in [0.05, 0.1) is 12.7 Å². The van der Waals surface area contributed by atoms with Crippen molar-refractivity contribution in [3.8, 4) is 5.75 Å². The number of hydrogen-bond acceptors (Lipinski definition) is 4. The van der Waals surface area contributed by atoms with Crippen molar-refractivity contribution in [2.24, 2.45) is 22.7 Å². The van der Waals surface area contributed by atoms with E-state index in [4.69, 9.17) is 14.6 Å². The monoisotopic (exact) mass is 373 g/mol. The van der Waals surface area contributed by atoms with Crippen LogP contribution in [0.4, 0.5) is 0 Å². The lowest BCUT2D eigenvalue weighted by Crippen LogP contribution is -2.58. The van der Waals surface area contributed by atoms with Gasteiger partial charge in [-0.05, 0) is 59.6 Å². The molecule has 1 aliphatic heterocycles. The second kappa shape index (κ2) is 6.78. The Hall–Kier alpha value is -1.59. The summed E-state index contributed by atoms with van der Waals surface area (Å²) in [5.41, 5.74) is 1.45. The molecule has 5 nitrogen and oxygen atoms in total. The second-order valence-corrected chi connectivity index (χ2v) is 9.11. The van der Waals surface area contributed by atoms with Crippen molar-refractivity contribution >= 4 is 5.91 Å². The van der Waals surface area contributed by atoms with E-state index >= 15 is 0 Å². The third-order valence-corrected chi connectivity index (χ3v) is 7.42. The van der Waals surface area contributed by atoms with E-state index in [0.29, 0.717) is 18.4 Å². The molecule has 1 aromatic carbocycles. The molecule has 0 radical (unpaired) electrons. The molecule has 27 heavy (non-hydrogen) atoms. The fraction of sp³-hybridized carbons (Fsp3) is 0.682. The molecule has 3 aliphatic rings. The number of nitrogens with one attached hydrogen (secondary N) is 1. The highest BCUT2D eigenvalue weighted by molar-refractivity contribution is 5.73. The van der Waals surface area contributed by atoms with Gasteiger partial charge in [-0.25, -0.2) is 0 Å². The summed E-state index contributed by atoms with van der Waals surface area (Å²) >= 11 is 0. The van der Waals surface area contributed by atoms with E-state index in [-0.39, 0.29) is 35.5 Å². The van der Waals surface area contributed by atoms with Gasteiger partial charge in [-0.3, -0.25) is 4.79 Å². The predicted octanol–water partition coefficient (Wildman–Crippen LogP) is 3.08. The third-order valence-electron chi connectivity index (χ3n) is 7.42. The van der Waals surface area contributed by atoms with Gasteiger partial charge in [0.25, 0.3) is 0 Å². The van der Waals surface area contributed by atoms with Crippen molar-refractivity contribution in [2.45, 2.75) is 52.2 Å². The number of aliphatic hydroxyl groups excluding tert-OH is 1. The molecule has 1 saturated heterocycles. The quantitative estimate of drug-likeness (QED) is 0.832. The number of fused-ring (bicyclic) bond motifs is 1. The number of benzene rings is 1. The summed E-state index contributed by atoms with van der Waals surface area (Å²) in [6.07, 6.45) is 3.45. The summed E-state index contributed by atoms with van der Waals surface area (Å²) in [5.74, 6) is 1.90. The van der Waals surface area contributed by atoms with Crippen LogP contribution in [0.2, 0.25) is 0 Å². The van der Waals surface area contributed by atoms with Crippen LogP contribution in [0.25, 0.3) is 0 Å². The van der Waals surface area contributed by atoms with Crippen LogP contribution in [0.1, 0.15) is 51.7 Å². The number of carbonyl (C=O) groups is 1. The zero-order valence-electron chi connectivity index (χ0n) is 16.5. The molecule has 148 valence electrons. The molecule has 1 spiro atoms. The van der Waals surface area contributed by atoms with Gasteiger partial charge in [0.1, 0.15) is 12.4 Å². The minimum atomic E-state index is 0.0137. The molecular weight excluding hydrogens is 342 g/mol. The number of ether oxygens (including phenoxy) is 2. The Morgan fingerprint density at radius 1 is 1.33 bits per heavy atom. The van der Waals surface area contributed by atoms with Crippen molar-refractivity contribution in [2.75, 3.05) is 19.8 Å². The SMILES string of the molecule is CC(=O)N[C@H]1C(C)(C)[C@@H]2C[C@@H]3[C@@H](c4ccc(OCCO)cc4)OCC[C@@]31C2. The van der Waals surface area contributed by atoms with E-state index in [1.807, 2.05) is 12.1 Å². The first-order valence-electron chi connectivity index (χ1n) is 10.1. The van der Waals surface area contributed by atoms with Gasteiger partial charge in [0.2, 0.25) is 5.91 Å². The maximum absolute atomic E-state index is 11.9. The van der Waals surface area contributed by atoms with Gasteiger partial charge in [-0.15, -0.1) is 0 Å². The lowest BCUT2D eigenvalue weighted by atomic mass is 9.59. The van der Waals surface area contributed by atoms with Crippen molar-refractivity contribution in [1.29, 1.82) is 0 Å². The Labute approximate surface area is 161 Å². The minimum absolute atomic E-state index is 0.0137. The summed E-state index contributed by atoms with van der Waals surface area (Å²) < 4.78 is 11.8. The molecule has 2 N–H and O–H groups in total. The van der Waals surface area contributed by atoms with E-state index in [1.165, 1.54) is 12.0 Å². The number of aliphatic hydroxyl groups is 1. The van der Waals surface area contributed by atoms with E-state index < -0.39 is 0 Å². The van der Waals surface area contributed by atoms with E-state index in [1.54, 1.807) is 6.92 Å². The van der Waals surface area contributed by atoms with Crippen molar-refractivity contribution < 1.29 is 19.4 Å². The number of rotatable bonds is 5. The standard InChI is InChI=1S/C22H31NO4/c1-14(25)23-20-21(2,3)16-12-18-19(27-10-8-22(18,20)13-16)15-4-6-17(7-5-15)26-11-9-24/h4-7,16,18-20,24H,8-13H2,1-3H3,(H,23,25)/t16-,18-,19-,20+,22-/m1/s1. The molecule has 0 aromatic heterocycles. The van der Waals surface area contributed by atoms with Gasteiger partial charge in [-0.1, -0.05) is 26.0 Å². The second-order valence-electron chi connectivity index (χ2n) is 9.11. The summed E-state index contributed by atoms with van der Waals surface area (Å²) in [6, 6.07) is 8.29. The largest absolute Gasteiger partial charge is 0.491 e. The van der Waals surface area contributed by atoms with Gasteiger partial charge >= 0.3 is 0 Å². The molecule has 2 aliphatic carbocycles. The highest BCUT2D eigenvalue weighted by Crippen LogP contribution is 2.70. The fourth-order valence-electron chi connectivity index (χ4n) is 6.24. The van der Waals surface area contributed by atoms with Gasteiger partial charge < -0.3 is 19.9 Å². The predicted molar refractivity (Wildman–Crippen MR) is 102 cm³/mol. The summed E-state index contributed by atoms with van der Waals surface area (Å²) in [5, 5.41) is 12.2. The molecule has 1 amide bonds. The Morgan fingerprint density at radius 2 is 2.07 bits per heavy atom. The number of amides is 1. The summed E-state index contributed by atoms with van der Waals surface area (Å²) in [4.78, 5) is 11.9. The summed E-state index contributed by atoms with van der Waals surface area (Å²) in [7, 11) is 0. The molecule has 5 atom stereocenters. The Kier molecular flexibility index (Phi) is 4.71. The Morgan fingerprint density at radius 3 is 2.74 bits per heavy atom. The average Bonchev–Trinajstić information content (AvgIpc) is 3.13. The molecule has 2 saturated carbocycles. The van der Waals surface area contributed by atoms with E-state index in [0.717, 1.165) is 25.2 Å². The molecule has 0 unspecified atom stereocenters. The first-order valence-corrected chi connectivity index (χ1v) is 10.1. The zero-order valence-corrected chi connectivity index (χ0v) is 16.5. The number of hydrogen-bond donors (Lipinski definition) is 2. The molecular formula is C22H31NO4. The topological polar surface area (TPSA) is 67.8 Å². The van der Waals surface area contributed by atoms with Crippen LogP contribution in [0.15, 0.2) is 24.3 Å². The molecule has 1 heterocycles. The lowest BCUT2D eigenvalue weighted by Gasteiger charge is -2.53. The molecule has 2 bridgehead atoms. The zero-order chi connectivity index (χ0) is 19.2. The van der Waals surface area contributed by atoms with E-state index in [2.05, 4.69) is 31.3 Å². The average molecular weight is 373 g/mol.